The number of fused-ring (bicyclic) bond motifs is 1. The first kappa shape index (κ1) is 15.7. The molecule has 0 radical (unpaired) electrons. The first-order chi connectivity index (χ1) is 10.2. The fourth-order valence-electron chi connectivity index (χ4n) is 3.31. The highest BCUT2D eigenvalue weighted by Gasteiger charge is 2.35. The quantitative estimate of drug-likeness (QED) is 0.627. The Balaban J connectivity index is 1.67. The molecular weight excluding hydrogens is 354 g/mol. The largest absolute Gasteiger partial charge is 0.374 e. The lowest BCUT2D eigenvalue weighted by molar-refractivity contribution is -0.0644. The molecule has 3 rings (SSSR count). The molecule has 0 bridgehead atoms. The highest BCUT2D eigenvalue weighted by molar-refractivity contribution is 9.10. The van der Waals surface area contributed by atoms with Crippen molar-refractivity contribution >= 4 is 27.5 Å². The molecule has 0 aliphatic carbocycles. The van der Waals surface area contributed by atoms with Crippen LogP contribution in [0.4, 0.5) is 0 Å². The number of benzene rings is 1. The Morgan fingerprint density at radius 2 is 2.38 bits per heavy atom. The zero-order chi connectivity index (χ0) is 14.8. The van der Waals surface area contributed by atoms with Gasteiger partial charge in [-0.1, -0.05) is 33.6 Å². The van der Waals surface area contributed by atoms with E-state index in [4.69, 9.17) is 22.2 Å². The van der Waals surface area contributed by atoms with Gasteiger partial charge in [-0.15, -0.1) is 0 Å². The summed E-state index contributed by atoms with van der Waals surface area (Å²) in [5.74, 6) is 5.77. The third-order valence-corrected chi connectivity index (χ3v) is 5.38. The van der Waals surface area contributed by atoms with Gasteiger partial charge in [0, 0.05) is 22.1 Å². The predicted molar refractivity (Wildman–Crippen MR) is 88.3 cm³/mol. The number of rotatable bonds is 4. The Hall–Kier alpha value is -0.170. The Morgan fingerprint density at radius 1 is 1.52 bits per heavy atom. The number of nitrogens with one attached hydrogen (secondary N) is 1. The van der Waals surface area contributed by atoms with E-state index in [1.807, 2.05) is 18.2 Å². The van der Waals surface area contributed by atoms with Crippen LogP contribution in [-0.4, -0.2) is 42.8 Å². The van der Waals surface area contributed by atoms with Gasteiger partial charge in [0.15, 0.2) is 0 Å². The van der Waals surface area contributed by atoms with Crippen molar-refractivity contribution in [2.45, 2.75) is 37.5 Å². The predicted octanol–water partition coefficient (Wildman–Crippen LogP) is 2.34. The minimum Gasteiger partial charge on any atom is -0.374 e. The van der Waals surface area contributed by atoms with Gasteiger partial charge in [-0.05, 0) is 43.5 Å². The SMILES string of the molecule is NNC(Cc1ccc(Br)cc1Cl)C1CN2CCCC2CO1. The molecule has 21 heavy (non-hydrogen) atoms. The maximum atomic E-state index is 6.31. The summed E-state index contributed by atoms with van der Waals surface area (Å²) in [4.78, 5) is 2.53. The summed E-state index contributed by atoms with van der Waals surface area (Å²) in [6.07, 6.45) is 3.42. The van der Waals surface area contributed by atoms with Gasteiger partial charge < -0.3 is 4.74 Å². The molecule has 0 spiro atoms. The summed E-state index contributed by atoms with van der Waals surface area (Å²) >= 11 is 9.74. The Labute approximate surface area is 139 Å². The number of hydrazine groups is 1. The van der Waals surface area contributed by atoms with Gasteiger partial charge in [-0.25, -0.2) is 0 Å². The number of hydrogen-bond donors (Lipinski definition) is 2. The maximum Gasteiger partial charge on any atom is 0.0872 e. The van der Waals surface area contributed by atoms with Crippen molar-refractivity contribution < 1.29 is 4.74 Å². The van der Waals surface area contributed by atoms with Gasteiger partial charge in [-0.3, -0.25) is 16.2 Å². The fourth-order valence-corrected chi connectivity index (χ4v) is 4.06. The van der Waals surface area contributed by atoms with Gasteiger partial charge in [0.1, 0.15) is 0 Å². The van der Waals surface area contributed by atoms with Crippen LogP contribution in [-0.2, 0) is 11.2 Å². The zero-order valence-electron chi connectivity index (χ0n) is 11.9. The number of halogens is 2. The molecule has 3 N–H and O–H groups in total. The summed E-state index contributed by atoms with van der Waals surface area (Å²) in [6, 6.07) is 6.65. The smallest absolute Gasteiger partial charge is 0.0872 e. The van der Waals surface area contributed by atoms with Crippen LogP contribution in [0.15, 0.2) is 22.7 Å². The highest BCUT2D eigenvalue weighted by atomic mass is 79.9. The third kappa shape index (κ3) is 3.60. The topological polar surface area (TPSA) is 50.5 Å². The molecule has 3 unspecified atom stereocenters. The van der Waals surface area contributed by atoms with Crippen LogP contribution in [0, 0.1) is 0 Å². The molecule has 0 amide bonds. The zero-order valence-corrected chi connectivity index (χ0v) is 14.2. The molecule has 6 heteroatoms. The van der Waals surface area contributed by atoms with E-state index in [0.29, 0.717) is 6.04 Å². The van der Waals surface area contributed by atoms with Gasteiger partial charge >= 0.3 is 0 Å². The van der Waals surface area contributed by atoms with Crippen LogP contribution in [0.2, 0.25) is 5.02 Å². The van der Waals surface area contributed by atoms with Crippen LogP contribution in [0.25, 0.3) is 0 Å². The summed E-state index contributed by atoms with van der Waals surface area (Å²) in [5.41, 5.74) is 4.01. The lowest BCUT2D eigenvalue weighted by Crippen LogP contribution is -2.56. The van der Waals surface area contributed by atoms with Gasteiger partial charge in [0.2, 0.25) is 0 Å². The lowest BCUT2D eigenvalue weighted by Gasteiger charge is -2.38. The number of morpholine rings is 1. The molecule has 2 aliphatic heterocycles. The Kier molecular flexibility index (Phi) is 5.19. The van der Waals surface area contributed by atoms with Crippen LogP contribution in [0.3, 0.4) is 0 Å². The lowest BCUT2D eigenvalue weighted by atomic mass is 10.00. The van der Waals surface area contributed by atoms with E-state index in [0.717, 1.165) is 34.6 Å². The average Bonchev–Trinajstić information content (AvgIpc) is 2.94. The number of ether oxygens (including phenoxy) is 1. The third-order valence-electron chi connectivity index (χ3n) is 4.53. The van der Waals surface area contributed by atoms with Crippen LogP contribution >= 0.6 is 27.5 Å². The van der Waals surface area contributed by atoms with Gasteiger partial charge in [0.05, 0.1) is 18.8 Å². The first-order valence-electron chi connectivity index (χ1n) is 7.43. The van der Waals surface area contributed by atoms with E-state index in [-0.39, 0.29) is 12.1 Å². The van der Waals surface area contributed by atoms with E-state index in [1.165, 1.54) is 19.4 Å². The molecule has 1 aromatic rings. The van der Waals surface area contributed by atoms with Crippen LogP contribution in [0.5, 0.6) is 0 Å². The van der Waals surface area contributed by atoms with Crippen molar-refractivity contribution in [1.29, 1.82) is 0 Å². The second kappa shape index (κ2) is 6.94. The first-order valence-corrected chi connectivity index (χ1v) is 8.60. The second-order valence-corrected chi connectivity index (χ2v) is 7.20. The molecule has 2 heterocycles. The van der Waals surface area contributed by atoms with Crippen LogP contribution < -0.4 is 11.3 Å². The molecule has 1 aromatic carbocycles. The normalized spacial score (nSPS) is 27.6. The number of hydrogen-bond acceptors (Lipinski definition) is 4. The van der Waals surface area contributed by atoms with Crippen molar-refractivity contribution in [3.05, 3.63) is 33.3 Å². The Bertz CT molecular complexity index is 502. The molecule has 0 saturated carbocycles. The summed E-state index contributed by atoms with van der Waals surface area (Å²) in [6.45, 7) is 2.95. The second-order valence-electron chi connectivity index (χ2n) is 5.88. The van der Waals surface area contributed by atoms with Crippen molar-refractivity contribution in [3.8, 4) is 0 Å². The molecule has 116 valence electrons. The van der Waals surface area contributed by atoms with E-state index in [2.05, 4.69) is 26.3 Å². The van der Waals surface area contributed by atoms with Crippen LogP contribution in [0.1, 0.15) is 18.4 Å². The van der Waals surface area contributed by atoms with Gasteiger partial charge in [-0.2, -0.15) is 0 Å². The fraction of sp³-hybridized carbons (Fsp3) is 0.600. The van der Waals surface area contributed by atoms with Crippen molar-refractivity contribution in [2.75, 3.05) is 19.7 Å². The molecule has 2 aliphatic rings. The molecule has 4 nitrogen and oxygen atoms in total. The summed E-state index contributed by atoms with van der Waals surface area (Å²) in [5, 5.41) is 0.763. The van der Waals surface area contributed by atoms with E-state index in [9.17, 15) is 0 Å². The molecule has 2 saturated heterocycles. The maximum absolute atomic E-state index is 6.31. The molecule has 0 aromatic heterocycles. The summed E-state index contributed by atoms with van der Waals surface area (Å²) in [7, 11) is 0. The minimum atomic E-state index is 0.0743. The van der Waals surface area contributed by atoms with Crippen molar-refractivity contribution in [3.63, 3.8) is 0 Å². The molecular formula is C15H21BrClN3O. The monoisotopic (exact) mass is 373 g/mol. The van der Waals surface area contributed by atoms with E-state index in [1.54, 1.807) is 0 Å². The van der Waals surface area contributed by atoms with Gasteiger partial charge in [0.25, 0.3) is 0 Å². The Morgan fingerprint density at radius 3 is 3.14 bits per heavy atom. The van der Waals surface area contributed by atoms with E-state index < -0.39 is 0 Å². The summed E-state index contributed by atoms with van der Waals surface area (Å²) < 4.78 is 7.03. The van der Waals surface area contributed by atoms with Crippen molar-refractivity contribution in [1.82, 2.24) is 10.3 Å². The standard InChI is InChI=1S/C15H21BrClN3O/c16-11-4-3-10(13(17)7-11)6-14(19-18)15-8-20-5-1-2-12(20)9-21-15/h3-4,7,12,14-15,19H,1-2,5-6,8-9,18H2. The number of nitrogens with two attached hydrogens (primary N) is 1. The minimum absolute atomic E-state index is 0.0743. The van der Waals surface area contributed by atoms with Crippen molar-refractivity contribution in [2.24, 2.45) is 5.84 Å². The molecule has 3 atom stereocenters. The molecule has 2 fully saturated rings. The average molecular weight is 375 g/mol. The number of nitrogens with zero attached hydrogens (tertiary/aromatic N) is 1. The highest BCUT2D eigenvalue weighted by Crippen LogP contribution is 2.27. The van der Waals surface area contributed by atoms with E-state index >= 15 is 0 Å².